The van der Waals surface area contributed by atoms with Gasteiger partial charge in [0.05, 0.1) is 0 Å². The highest BCUT2D eigenvalue weighted by Gasteiger charge is 2.32. The molecule has 0 fully saturated rings. The van der Waals surface area contributed by atoms with Crippen LogP contribution in [-0.2, 0) is 14.3 Å². The third kappa shape index (κ3) is 4.98. The Morgan fingerprint density at radius 2 is 1.83 bits per heavy atom. The highest BCUT2D eigenvalue weighted by atomic mass is 35.5. The highest BCUT2D eigenvalue weighted by Crippen LogP contribution is 2.36. The van der Waals surface area contributed by atoms with Crippen LogP contribution in [0.15, 0.2) is 29.5 Å². The number of amides is 1. The summed E-state index contributed by atoms with van der Waals surface area (Å²) < 4.78 is 5.45. The number of nitrogens with one attached hydrogen (secondary N) is 1. The summed E-state index contributed by atoms with van der Waals surface area (Å²) in [6.45, 7) is 5.72. The first-order chi connectivity index (χ1) is 10.7. The second kappa shape index (κ2) is 6.93. The summed E-state index contributed by atoms with van der Waals surface area (Å²) in [5, 5.41) is 3.50. The predicted octanol–water partition coefficient (Wildman–Crippen LogP) is 4.61. The molecule has 1 aromatic rings. The van der Waals surface area contributed by atoms with Crippen molar-refractivity contribution in [1.82, 2.24) is 0 Å². The fourth-order valence-corrected chi connectivity index (χ4v) is 3.30. The molecule has 1 amide bonds. The molecule has 0 saturated carbocycles. The van der Waals surface area contributed by atoms with Gasteiger partial charge in [0.25, 0.3) is 5.91 Å². The van der Waals surface area contributed by atoms with Crippen molar-refractivity contribution in [1.29, 1.82) is 0 Å². The number of Topliss-reactive ketones (excluding diaryl/α,β-unsaturated/α-hetero) is 1. The SMILES string of the molecule is CC1=C(OCC(=O)Nc2cc(Cl)cc(Cl)c2)C(=O)CC(C)(C)C1. The Bertz CT molecular complexity index is 660. The Morgan fingerprint density at radius 1 is 1.22 bits per heavy atom. The van der Waals surface area contributed by atoms with Gasteiger partial charge in [0.2, 0.25) is 0 Å². The second-order valence-electron chi connectivity index (χ2n) is 6.55. The van der Waals surface area contributed by atoms with Gasteiger partial charge in [-0.25, -0.2) is 0 Å². The van der Waals surface area contributed by atoms with E-state index >= 15 is 0 Å². The number of hydrogen-bond acceptors (Lipinski definition) is 3. The fourth-order valence-electron chi connectivity index (χ4n) is 2.78. The Morgan fingerprint density at radius 3 is 2.39 bits per heavy atom. The zero-order valence-corrected chi connectivity index (χ0v) is 14.8. The van der Waals surface area contributed by atoms with Gasteiger partial charge < -0.3 is 10.1 Å². The zero-order chi connectivity index (χ0) is 17.2. The molecule has 0 radical (unpaired) electrons. The lowest BCUT2D eigenvalue weighted by atomic mass is 9.76. The molecule has 0 spiro atoms. The minimum absolute atomic E-state index is 0.0580. The van der Waals surface area contributed by atoms with Gasteiger partial charge in [-0.1, -0.05) is 37.0 Å². The van der Waals surface area contributed by atoms with Gasteiger partial charge in [0.15, 0.2) is 18.1 Å². The van der Waals surface area contributed by atoms with Crippen molar-refractivity contribution in [3.63, 3.8) is 0 Å². The summed E-state index contributed by atoms with van der Waals surface area (Å²) in [6, 6.07) is 4.75. The van der Waals surface area contributed by atoms with Crippen LogP contribution in [0, 0.1) is 5.41 Å². The number of hydrogen-bond donors (Lipinski definition) is 1. The molecule has 0 saturated heterocycles. The maximum Gasteiger partial charge on any atom is 0.262 e. The average Bonchev–Trinajstić information content (AvgIpc) is 2.34. The number of allylic oxidation sites excluding steroid dienone is 2. The maximum absolute atomic E-state index is 12.1. The summed E-state index contributed by atoms with van der Waals surface area (Å²) in [4.78, 5) is 24.1. The van der Waals surface area contributed by atoms with Crippen LogP contribution >= 0.6 is 23.2 Å². The van der Waals surface area contributed by atoms with Crippen molar-refractivity contribution in [2.75, 3.05) is 11.9 Å². The van der Waals surface area contributed by atoms with Crippen LogP contribution in [0.3, 0.4) is 0 Å². The van der Waals surface area contributed by atoms with Gasteiger partial charge in [0.1, 0.15) is 0 Å². The summed E-state index contributed by atoms with van der Waals surface area (Å²) in [6.07, 6.45) is 1.20. The van der Waals surface area contributed by atoms with E-state index in [0.29, 0.717) is 27.9 Å². The molecule has 1 aliphatic rings. The highest BCUT2D eigenvalue weighted by molar-refractivity contribution is 6.35. The third-order valence-corrected chi connectivity index (χ3v) is 3.95. The van der Waals surface area contributed by atoms with Gasteiger partial charge in [0, 0.05) is 22.2 Å². The summed E-state index contributed by atoms with van der Waals surface area (Å²) >= 11 is 11.8. The first kappa shape index (κ1) is 17.8. The average molecular weight is 356 g/mol. The van der Waals surface area contributed by atoms with E-state index in [2.05, 4.69) is 5.32 Å². The minimum atomic E-state index is -0.374. The molecule has 0 aromatic heterocycles. The predicted molar refractivity (Wildman–Crippen MR) is 91.8 cm³/mol. The van der Waals surface area contributed by atoms with Crippen molar-refractivity contribution >= 4 is 40.6 Å². The van der Waals surface area contributed by atoms with E-state index in [0.717, 1.165) is 12.0 Å². The van der Waals surface area contributed by atoms with Gasteiger partial charge in [-0.3, -0.25) is 9.59 Å². The Kier molecular flexibility index (Phi) is 5.37. The number of benzene rings is 1. The number of halogens is 2. The van der Waals surface area contributed by atoms with Crippen LogP contribution < -0.4 is 5.32 Å². The number of carbonyl (C=O) groups excluding carboxylic acids is 2. The number of anilines is 1. The van der Waals surface area contributed by atoms with Crippen molar-refractivity contribution in [3.05, 3.63) is 39.6 Å². The van der Waals surface area contributed by atoms with Crippen LogP contribution in [0.25, 0.3) is 0 Å². The number of ether oxygens (including phenoxy) is 1. The summed E-state index contributed by atoms with van der Waals surface area (Å²) in [5.41, 5.74) is 1.30. The lowest BCUT2D eigenvalue weighted by Gasteiger charge is -2.30. The van der Waals surface area contributed by atoms with Gasteiger partial charge in [-0.15, -0.1) is 0 Å². The second-order valence-corrected chi connectivity index (χ2v) is 7.42. The monoisotopic (exact) mass is 355 g/mol. The number of rotatable bonds is 4. The van der Waals surface area contributed by atoms with Crippen molar-refractivity contribution < 1.29 is 14.3 Å². The standard InChI is InChI=1S/C17H19Cl2NO3/c1-10-7-17(2,3)8-14(21)16(10)23-9-15(22)20-13-5-11(18)4-12(19)6-13/h4-6H,7-9H2,1-3H3,(H,20,22). The van der Waals surface area contributed by atoms with Crippen molar-refractivity contribution in [2.24, 2.45) is 5.41 Å². The van der Waals surface area contributed by atoms with Crippen molar-refractivity contribution in [3.8, 4) is 0 Å². The first-order valence-electron chi connectivity index (χ1n) is 7.28. The van der Waals surface area contributed by atoms with Crippen LogP contribution in [0.5, 0.6) is 0 Å². The molecule has 0 atom stereocenters. The minimum Gasteiger partial charge on any atom is -0.480 e. The van der Waals surface area contributed by atoms with Gasteiger partial charge in [-0.2, -0.15) is 0 Å². The van der Waals surface area contributed by atoms with Crippen LogP contribution in [-0.4, -0.2) is 18.3 Å². The van der Waals surface area contributed by atoms with Crippen LogP contribution in [0.1, 0.15) is 33.6 Å². The molecule has 2 rings (SSSR count). The Balaban J connectivity index is 1.98. The van der Waals surface area contributed by atoms with E-state index in [1.807, 2.05) is 20.8 Å². The van der Waals surface area contributed by atoms with Crippen LogP contribution in [0.2, 0.25) is 10.0 Å². The lowest BCUT2D eigenvalue weighted by molar-refractivity contribution is -0.124. The van der Waals surface area contributed by atoms with Crippen LogP contribution in [0.4, 0.5) is 5.69 Å². The lowest BCUT2D eigenvalue weighted by Crippen LogP contribution is -2.28. The Labute approximate surface area is 145 Å². The molecule has 1 aromatic carbocycles. The van der Waals surface area contributed by atoms with E-state index in [9.17, 15) is 9.59 Å². The quantitative estimate of drug-likeness (QED) is 0.857. The largest absolute Gasteiger partial charge is 0.480 e. The summed E-state index contributed by atoms with van der Waals surface area (Å²) in [5.74, 6) is -0.123. The van der Waals surface area contributed by atoms with Crippen molar-refractivity contribution in [2.45, 2.75) is 33.6 Å². The molecular weight excluding hydrogens is 337 g/mol. The molecule has 1 N–H and O–H groups in total. The van der Waals surface area contributed by atoms with E-state index in [1.165, 1.54) is 0 Å². The molecular formula is C17H19Cl2NO3. The topological polar surface area (TPSA) is 55.4 Å². The molecule has 124 valence electrons. The first-order valence-corrected chi connectivity index (χ1v) is 8.03. The Hall–Kier alpha value is -1.52. The fraction of sp³-hybridized carbons (Fsp3) is 0.412. The third-order valence-electron chi connectivity index (χ3n) is 3.52. The smallest absolute Gasteiger partial charge is 0.262 e. The zero-order valence-electron chi connectivity index (χ0n) is 13.3. The van der Waals surface area contributed by atoms with E-state index in [4.69, 9.17) is 27.9 Å². The van der Waals surface area contributed by atoms with Gasteiger partial charge in [-0.05, 0) is 42.5 Å². The molecule has 4 nitrogen and oxygen atoms in total. The number of carbonyl (C=O) groups is 2. The molecule has 0 aliphatic heterocycles. The molecule has 0 unspecified atom stereocenters. The molecule has 6 heteroatoms. The van der Waals surface area contributed by atoms with E-state index in [1.54, 1.807) is 18.2 Å². The molecule has 23 heavy (non-hydrogen) atoms. The number of ketones is 1. The molecule has 0 heterocycles. The normalized spacial score (nSPS) is 17.2. The maximum atomic E-state index is 12.1. The van der Waals surface area contributed by atoms with Gasteiger partial charge >= 0.3 is 0 Å². The van der Waals surface area contributed by atoms with E-state index < -0.39 is 0 Å². The van der Waals surface area contributed by atoms with E-state index in [-0.39, 0.29) is 23.7 Å². The molecule has 1 aliphatic carbocycles. The summed E-state index contributed by atoms with van der Waals surface area (Å²) in [7, 11) is 0. The molecule has 0 bridgehead atoms.